The van der Waals surface area contributed by atoms with Gasteiger partial charge in [-0.3, -0.25) is 9.51 Å². The van der Waals surface area contributed by atoms with Crippen LogP contribution in [0.5, 0.6) is 0 Å². The SMILES string of the molecule is C.C.Cc1nn[nH]n1.O=c1[nH]cno1. The molecule has 0 aliphatic carbocycles. The van der Waals surface area contributed by atoms with Gasteiger partial charge in [0.1, 0.15) is 6.33 Å². The van der Waals surface area contributed by atoms with Gasteiger partial charge in [-0.05, 0) is 6.92 Å². The van der Waals surface area contributed by atoms with Crippen molar-refractivity contribution in [3.8, 4) is 0 Å². The van der Waals surface area contributed by atoms with Crippen molar-refractivity contribution >= 4 is 0 Å². The molecule has 0 fully saturated rings. The Hall–Kier alpha value is -1.99. The van der Waals surface area contributed by atoms with Crippen LogP contribution >= 0.6 is 0 Å². The summed E-state index contributed by atoms with van der Waals surface area (Å²) in [6.45, 7) is 1.77. The van der Waals surface area contributed by atoms with Gasteiger partial charge < -0.3 is 0 Å². The van der Waals surface area contributed by atoms with Crippen molar-refractivity contribution in [3.05, 3.63) is 22.7 Å². The van der Waals surface area contributed by atoms with E-state index in [0.29, 0.717) is 5.82 Å². The van der Waals surface area contributed by atoms with Crippen LogP contribution in [0.25, 0.3) is 0 Å². The van der Waals surface area contributed by atoms with Gasteiger partial charge in [0.15, 0.2) is 5.82 Å². The number of nitrogens with zero attached hydrogens (tertiary/aromatic N) is 4. The van der Waals surface area contributed by atoms with Crippen LogP contribution in [0.4, 0.5) is 0 Å². The number of hydrogen-bond acceptors (Lipinski definition) is 6. The summed E-state index contributed by atoms with van der Waals surface area (Å²) in [7, 11) is 0. The maximum Gasteiger partial charge on any atom is 0.438 e. The average molecular weight is 202 g/mol. The largest absolute Gasteiger partial charge is 0.438 e. The molecule has 0 aliphatic heterocycles. The van der Waals surface area contributed by atoms with Gasteiger partial charge >= 0.3 is 5.76 Å². The maximum absolute atomic E-state index is 9.78. The normalized spacial score (nSPS) is 7.50. The van der Waals surface area contributed by atoms with Crippen molar-refractivity contribution in [3.63, 3.8) is 0 Å². The zero-order chi connectivity index (χ0) is 8.81. The van der Waals surface area contributed by atoms with E-state index in [-0.39, 0.29) is 14.9 Å². The Morgan fingerprint density at radius 1 is 1.43 bits per heavy atom. The van der Waals surface area contributed by atoms with Crippen LogP contribution in [0.2, 0.25) is 0 Å². The molecule has 2 aromatic heterocycles. The molecule has 0 saturated carbocycles. The van der Waals surface area contributed by atoms with Crippen molar-refractivity contribution in [2.24, 2.45) is 0 Å². The van der Waals surface area contributed by atoms with Gasteiger partial charge in [0.2, 0.25) is 0 Å². The minimum absolute atomic E-state index is 0. The molecule has 80 valence electrons. The van der Waals surface area contributed by atoms with E-state index in [1.165, 1.54) is 6.33 Å². The Morgan fingerprint density at radius 2 is 2.14 bits per heavy atom. The maximum atomic E-state index is 9.78. The Balaban J connectivity index is 0. The van der Waals surface area contributed by atoms with Gasteiger partial charge in [0.05, 0.1) is 0 Å². The predicted molar refractivity (Wildman–Crippen MR) is 49.5 cm³/mol. The lowest BCUT2D eigenvalue weighted by Crippen LogP contribution is -1.92. The molecule has 0 spiro atoms. The zero-order valence-corrected chi connectivity index (χ0v) is 6.18. The highest BCUT2D eigenvalue weighted by Gasteiger charge is 1.78. The van der Waals surface area contributed by atoms with E-state index < -0.39 is 5.76 Å². The Bertz CT molecular complexity index is 334. The van der Waals surface area contributed by atoms with Gasteiger partial charge in [0, 0.05) is 0 Å². The summed E-state index contributed by atoms with van der Waals surface area (Å²) in [4.78, 5) is 12.0. The minimum atomic E-state index is -0.519. The summed E-state index contributed by atoms with van der Waals surface area (Å²) in [5.41, 5.74) is 0. The summed E-state index contributed by atoms with van der Waals surface area (Å²) in [5.74, 6) is 0.157. The summed E-state index contributed by atoms with van der Waals surface area (Å²) in [6, 6.07) is 0. The van der Waals surface area contributed by atoms with Crippen molar-refractivity contribution < 1.29 is 4.52 Å². The number of nitrogens with one attached hydrogen (secondary N) is 2. The molecule has 0 aromatic carbocycles. The van der Waals surface area contributed by atoms with Crippen LogP contribution < -0.4 is 5.76 Å². The van der Waals surface area contributed by atoms with Crippen molar-refractivity contribution in [1.82, 2.24) is 30.8 Å². The van der Waals surface area contributed by atoms with E-state index in [9.17, 15) is 4.79 Å². The van der Waals surface area contributed by atoms with E-state index in [0.717, 1.165) is 0 Å². The molecule has 0 atom stereocenters. The molecule has 0 unspecified atom stereocenters. The number of hydrogen-bond donors (Lipinski definition) is 2. The molecule has 2 rings (SSSR count). The van der Waals surface area contributed by atoms with E-state index in [1.807, 2.05) is 0 Å². The van der Waals surface area contributed by atoms with Gasteiger partial charge in [-0.2, -0.15) is 5.21 Å². The summed E-state index contributed by atoms with van der Waals surface area (Å²) in [6.07, 6.45) is 1.18. The van der Waals surface area contributed by atoms with Crippen LogP contribution in [-0.4, -0.2) is 30.8 Å². The van der Waals surface area contributed by atoms with Crippen molar-refractivity contribution in [1.29, 1.82) is 0 Å². The highest BCUT2D eigenvalue weighted by Crippen LogP contribution is 1.69. The molecule has 2 N–H and O–H groups in total. The van der Waals surface area contributed by atoms with E-state index >= 15 is 0 Å². The number of H-pyrrole nitrogens is 2. The lowest BCUT2D eigenvalue weighted by atomic mass is 10.8. The second kappa shape index (κ2) is 7.65. The third kappa shape index (κ3) is 5.63. The molecule has 8 heteroatoms. The predicted octanol–water partition coefficient (Wildman–Crippen LogP) is 0.143. The van der Waals surface area contributed by atoms with Crippen LogP contribution in [0, 0.1) is 6.92 Å². The number of tetrazole rings is 1. The molecule has 0 aliphatic rings. The first kappa shape index (κ1) is 14.5. The summed E-state index contributed by atoms with van der Waals surface area (Å²) in [5, 5.41) is 15.8. The second-order valence-electron chi connectivity index (χ2n) is 1.72. The van der Waals surface area contributed by atoms with E-state index in [1.54, 1.807) is 6.92 Å². The first-order chi connectivity index (χ1) is 5.79. The van der Waals surface area contributed by atoms with Gasteiger partial charge in [-0.15, -0.1) is 10.2 Å². The Kier molecular flexibility index (Phi) is 7.94. The fourth-order valence-electron chi connectivity index (χ4n) is 0.391. The molecular weight excluding hydrogens is 188 g/mol. The standard InChI is InChI=1S/C2H4N4.C2H2N2O2.2CH4/c1-2-3-5-6-4-2;5-2-3-1-4-6-2;;/h1H3,(H,3,4,5,6);1H,(H,3,4,5);2*1H4. The molecule has 8 nitrogen and oxygen atoms in total. The van der Waals surface area contributed by atoms with Crippen molar-refractivity contribution in [2.75, 3.05) is 0 Å². The van der Waals surface area contributed by atoms with Crippen molar-refractivity contribution in [2.45, 2.75) is 21.8 Å². The molecule has 0 radical (unpaired) electrons. The summed E-state index contributed by atoms with van der Waals surface area (Å²) < 4.78 is 3.97. The average Bonchev–Trinajstić information content (AvgIpc) is 2.63. The van der Waals surface area contributed by atoms with Gasteiger partial charge in [-0.1, -0.05) is 25.2 Å². The molecular formula is C6H14N6O2. The monoisotopic (exact) mass is 202 g/mol. The first-order valence-electron chi connectivity index (χ1n) is 2.98. The highest BCUT2D eigenvalue weighted by atomic mass is 16.5. The highest BCUT2D eigenvalue weighted by molar-refractivity contribution is 4.63. The molecule has 14 heavy (non-hydrogen) atoms. The van der Waals surface area contributed by atoms with E-state index in [2.05, 4.69) is 35.3 Å². The topological polar surface area (TPSA) is 113 Å². The zero-order valence-electron chi connectivity index (χ0n) is 6.18. The fourth-order valence-corrected chi connectivity index (χ4v) is 0.391. The lowest BCUT2D eigenvalue weighted by molar-refractivity contribution is 0.386. The van der Waals surface area contributed by atoms with E-state index in [4.69, 9.17) is 0 Å². The number of aromatic nitrogens is 6. The number of aryl methyl sites for hydroxylation is 1. The smallest absolute Gasteiger partial charge is 0.296 e. The lowest BCUT2D eigenvalue weighted by Gasteiger charge is -1.59. The van der Waals surface area contributed by atoms with Gasteiger partial charge in [-0.25, -0.2) is 4.79 Å². The molecule has 2 aromatic rings. The fraction of sp³-hybridized carbons (Fsp3) is 0.500. The quantitative estimate of drug-likeness (QED) is 0.628. The number of rotatable bonds is 0. The van der Waals surface area contributed by atoms with Crippen LogP contribution in [0.1, 0.15) is 20.7 Å². The van der Waals surface area contributed by atoms with Gasteiger partial charge in [0.25, 0.3) is 0 Å². The summed E-state index contributed by atoms with van der Waals surface area (Å²) >= 11 is 0. The Morgan fingerprint density at radius 3 is 2.29 bits per heavy atom. The molecule has 0 saturated heterocycles. The third-order valence-electron chi connectivity index (χ3n) is 0.822. The van der Waals surface area contributed by atoms with Crippen LogP contribution in [-0.2, 0) is 0 Å². The Labute approximate surface area is 80.7 Å². The first-order valence-corrected chi connectivity index (χ1v) is 2.98. The second-order valence-corrected chi connectivity index (χ2v) is 1.72. The third-order valence-corrected chi connectivity index (χ3v) is 0.822. The van der Waals surface area contributed by atoms with Crippen LogP contribution in [0.3, 0.4) is 0 Å². The number of aromatic amines is 2. The van der Waals surface area contributed by atoms with Crippen LogP contribution in [0.15, 0.2) is 15.6 Å². The molecule has 2 heterocycles. The molecule has 0 bridgehead atoms. The minimum Gasteiger partial charge on any atom is -0.296 e. The molecule has 0 amide bonds.